The predicted octanol–water partition coefficient (Wildman–Crippen LogP) is 2.02. The molecule has 1 fully saturated rings. The number of phosphoric acid groups is 1. The van der Waals surface area contributed by atoms with Crippen molar-refractivity contribution in [3.8, 4) is 0 Å². The molecule has 0 aromatic rings. The summed E-state index contributed by atoms with van der Waals surface area (Å²) in [7, 11) is -4.36. The first-order chi connectivity index (χ1) is 8.78. The van der Waals surface area contributed by atoms with Crippen LogP contribution >= 0.6 is 7.82 Å². The first-order valence-corrected chi connectivity index (χ1v) is 7.83. The molecule has 6 nitrogen and oxygen atoms in total. The molecule has 0 aromatic heterocycles. The number of esters is 1. The molecule has 110 valence electrons. The Morgan fingerprint density at radius 1 is 1.21 bits per heavy atom. The minimum Gasteiger partial charge on any atom is -0.462 e. The van der Waals surface area contributed by atoms with E-state index in [2.05, 4.69) is 11.1 Å². The summed E-state index contributed by atoms with van der Waals surface area (Å²) in [4.78, 5) is 28.5. The van der Waals surface area contributed by atoms with Gasteiger partial charge in [-0.1, -0.05) is 6.58 Å². The summed E-state index contributed by atoms with van der Waals surface area (Å²) in [5.41, 5.74) is 0.392. The molecule has 0 amide bonds. The third-order valence-electron chi connectivity index (χ3n) is 3.24. The Labute approximate surface area is 113 Å². The highest BCUT2D eigenvalue weighted by molar-refractivity contribution is 7.46. The molecule has 1 rings (SSSR count). The van der Waals surface area contributed by atoms with Crippen LogP contribution in [0.15, 0.2) is 12.2 Å². The van der Waals surface area contributed by atoms with Crippen molar-refractivity contribution in [3.05, 3.63) is 12.2 Å². The van der Waals surface area contributed by atoms with E-state index in [0.29, 0.717) is 18.1 Å². The number of carbonyl (C=O) groups is 1. The SMILES string of the molecule is C=C(C)C(=O)OCC1CCC(COP(=O)(O)O)CC1. The average Bonchev–Trinajstić information content (AvgIpc) is 2.33. The third-order valence-corrected chi connectivity index (χ3v) is 3.73. The Bertz CT molecular complexity index is 366. The van der Waals surface area contributed by atoms with E-state index in [9.17, 15) is 9.36 Å². The molecule has 0 heterocycles. The van der Waals surface area contributed by atoms with Crippen molar-refractivity contribution < 1.29 is 28.4 Å². The van der Waals surface area contributed by atoms with Crippen molar-refractivity contribution in [3.63, 3.8) is 0 Å². The van der Waals surface area contributed by atoms with Crippen molar-refractivity contribution in [1.82, 2.24) is 0 Å². The van der Waals surface area contributed by atoms with E-state index < -0.39 is 7.82 Å². The summed E-state index contributed by atoms with van der Waals surface area (Å²) >= 11 is 0. The Morgan fingerprint density at radius 2 is 1.68 bits per heavy atom. The van der Waals surface area contributed by atoms with Crippen molar-refractivity contribution in [2.24, 2.45) is 11.8 Å². The van der Waals surface area contributed by atoms with Crippen LogP contribution in [0.2, 0.25) is 0 Å². The van der Waals surface area contributed by atoms with E-state index >= 15 is 0 Å². The fraction of sp³-hybridized carbons (Fsp3) is 0.750. The number of hydrogen-bond acceptors (Lipinski definition) is 4. The van der Waals surface area contributed by atoms with Crippen LogP contribution in [0.1, 0.15) is 32.6 Å². The lowest BCUT2D eigenvalue weighted by atomic mass is 9.83. The molecule has 0 spiro atoms. The van der Waals surface area contributed by atoms with Gasteiger partial charge in [-0.15, -0.1) is 0 Å². The molecule has 0 radical (unpaired) electrons. The second kappa shape index (κ2) is 7.20. The van der Waals surface area contributed by atoms with Gasteiger partial charge >= 0.3 is 13.8 Å². The number of rotatable bonds is 6. The van der Waals surface area contributed by atoms with Crippen molar-refractivity contribution >= 4 is 13.8 Å². The lowest BCUT2D eigenvalue weighted by Crippen LogP contribution is -2.22. The summed E-state index contributed by atoms with van der Waals surface area (Å²) in [5, 5.41) is 0. The molecule has 19 heavy (non-hydrogen) atoms. The van der Waals surface area contributed by atoms with Crippen LogP contribution in [0, 0.1) is 11.8 Å². The van der Waals surface area contributed by atoms with Gasteiger partial charge in [-0.2, -0.15) is 0 Å². The molecular formula is C12H21O6P. The van der Waals surface area contributed by atoms with Crippen molar-refractivity contribution in [2.75, 3.05) is 13.2 Å². The maximum Gasteiger partial charge on any atom is 0.469 e. The number of phosphoric ester groups is 1. The number of hydrogen-bond donors (Lipinski definition) is 2. The first kappa shape index (κ1) is 16.4. The maximum absolute atomic E-state index is 11.2. The maximum atomic E-state index is 11.2. The summed E-state index contributed by atoms with van der Waals surface area (Å²) in [6, 6.07) is 0. The molecule has 0 aliphatic heterocycles. The Morgan fingerprint density at radius 3 is 2.11 bits per heavy atom. The van der Waals surface area contributed by atoms with E-state index in [1.807, 2.05) is 0 Å². The highest BCUT2D eigenvalue weighted by atomic mass is 31.2. The smallest absolute Gasteiger partial charge is 0.462 e. The van der Waals surface area contributed by atoms with E-state index in [4.69, 9.17) is 14.5 Å². The van der Waals surface area contributed by atoms with Crippen molar-refractivity contribution in [1.29, 1.82) is 0 Å². The average molecular weight is 292 g/mol. The summed E-state index contributed by atoms with van der Waals surface area (Å²) in [6.07, 6.45) is 3.40. The fourth-order valence-corrected chi connectivity index (χ4v) is 2.49. The zero-order chi connectivity index (χ0) is 14.5. The standard InChI is InChI=1S/C12H21O6P/c1-9(2)12(13)17-7-10-3-5-11(6-4-10)8-18-19(14,15)16/h10-11H,1,3-8H2,2H3,(H2,14,15,16). The molecule has 0 atom stereocenters. The van der Waals surface area contributed by atoms with Gasteiger partial charge in [0.1, 0.15) is 0 Å². The van der Waals surface area contributed by atoms with Crippen LogP contribution in [-0.4, -0.2) is 29.0 Å². The summed E-state index contributed by atoms with van der Waals surface area (Å²) in [5.74, 6) is 0.113. The Kier molecular flexibility index (Phi) is 6.20. The molecule has 2 N–H and O–H groups in total. The molecule has 7 heteroatoms. The van der Waals surface area contributed by atoms with Gasteiger partial charge in [0.05, 0.1) is 13.2 Å². The molecule has 0 aromatic carbocycles. The van der Waals surface area contributed by atoms with Crippen LogP contribution in [0.5, 0.6) is 0 Å². The van der Waals surface area contributed by atoms with Gasteiger partial charge in [-0.25, -0.2) is 9.36 Å². The Hall–Kier alpha value is -0.680. The number of carbonyl (C=O) groups excluding carboxylic acids is 1. The van der Waals surface area contributed by atoms with Gasteiger partial charge in [-0.3, -0.25) is 4.52 Å². The minimum atomic E-state index is -4.36. The van der Waals surface area contributed by atoms with E-state index in [0.717, 1.165) is 25.7 Å². The zero-order valence-corrected chi connectivity index (χ0v) is 12.0. The van der Waals surface area contributed by atoms with Crippen LogP contribution in [0.3, 0.4) is 0 Å². The molecule has 1 aliphatic carbocycles. The van der Waals surface area contributed by atoms with Gasteiger partial charge in [0.25, 0.3) is 0 Å². The van der Waals surface area contributed by atoms with E-state index in [1.165, 1.54) is 0 Å². The minimum absolute atomic E-state index is 0.0859. The third kappa shape index (κ3) is 6.87. The first-order valence-electron chi connectivity index (χ1n) is 6.30. The van der Waals surface area contributed by atoms with E-state index in [1.54, 1.807) is 6.92 Å². The monoisotopic (exact) mass is 292 g/mol. The highest BCUT2D eigenvalue weighted by Crippen LogP contribution is 2.38. The lowest BCUT2D eigenvalue weighted by molar-refractivity contribution is -0.140. The van der Waals surface area contributed by atoms with Gasteiger partial charge in [-0.05, 0) is 44.4 Å². The van der Waals surface area contributed by atoms with Gasteiger partial charge in [0, 0.05) is 5.57 Å². The van der Waals surface area contributed by atoms with Crippen LogP contribution in [0.25, 0.3) is 0 Å². The predicted molar refractivity (Wildman–Crippen MR) is 69.2 cm³/mol. The normalized spacial score (nSPS) is 23.9. The molecule has 0 saturated heterocycles. The number of ether oxygens (including phenoxy) is 1. The molecule has 0 bridgehead atoms. The van der Waals surface area contributed by atoms with Gasteiger partial charge < -0.3 is 14.5 Å². The lowest BCUT2D eigenvalue weighted by Gasteiger charge is -2.27. The van der Waals surface area contributed by atoms with Crippen LogP contribution in [0.4, 0.5) is 0 Å². The molecule has 1 saturated carbocycles. The second-order valence-corrected chi connectivity index (χ2v) is 6.29. The summed E-state index contributed by atoms with van der Waals surface area (Å²) < 4.78 is 20.2. The quantitative estimate of drug-likeness (QED) is 0.442. The van der Waals surface area contributed by atoms with Crippen LogP contribution in [-0.2, 0) is 18.6 Å². The van der Waals surface area contributed by atoms with Crippen molar-refractivity contribution in [2.45, 2.75) is 32.6 Å². The fourth-order valence-electron chi connectivity index (χ4n) is 2.08. The highest BCUT2D eigenvalue weighted by Gasteiger charge is 2.25. The molecule has 1 aliphatic rings. The zero-order valence-electron chi connectivity index (χ0n) is 11.1. The molecular weight excluding hydrogens is 271 g/mol. The van der Waals surface area contributed by atoms with Gasteiger partial charge in [0.15, 0.2) is 0 Å². The second-order valence-electron chi connectivity index (χ2n) is 5.05. The van der Waals surface area contributed by atoms with Gasteiger partial charge in [0.2, 0.25) is 0 Å². The summed E-state index contributed by atoms with van der Waals surface area (Å²) in [6.45, 7) is 5.60. The van der Waals surface area contributed by atoms with E-state index in [-0.39, 0.29) is 18.5 Å². The Balaban J connectivity index is 2.20. The molecule has 0 unspecified atom stereocenters. The topological polar surface area (TPSA) is 93.1 Å². The van der Waals surface area contributed by atoms with Crippen LogP contribution < -0.4 is 0 Å². The largest absolute Gasteiger partial charge is 0.469 e.